The number of hydrogen-bond donors (Lipinski definition) is 2. The molecule has 0 radical (unpaired) electrons. The van der Waals surface area contributed by atoms with Crippen molar-refractivity contribution in [3.05, 3.63) is 29.6 Å². The number of carbonyl (C=O) groups is 1. The summed E-state index contributed by atoms with van der Waals surface area (Å²) < 4.78 is 13.6. The van der Waals surface area contributed by atoms with Gasteiger partial charge in [-0.1, -0.05) is 0 Å². The third-order valence-electron chi connectivity index (χ3n) is 3.37. The van der Waals surface area contributed by atoms with Crippen LogP contribution in [0.5, 0.6) is 5.75 Å². The second-order valence-electron chi connectivity index (χ2n) is 4.52. The van der Waals surface area contributed by atoms with Crippen LogP contribution in [0.2, 0.25) is 0 Å². The van der Waals surface area contributed by atoms with Crippen molar-refractivity contribution in [3.63, 3.8) is 0 Å². The zero-order valence-electron chi connectivity index (χ0n) is 10.3. The van der Waals surface area contributed by atoms with Crippen molar-refractivity contribution >= 4 is 5.91 Å². The molecular formula is C13H17FN2O2. The van der Waals surface area contributed by atoms with Crippen LogP contribution < -0.4 is 5.32 Å². The second kappa shape index (κ2) is 5.35. The lowest BCUT2D eigenvalue weighted by Gasteiger charge is -2.31. The van der Waals surface area contributed by atoms with Gasteiger partial charge in [0.15, 0.2) is 0 Å². The molecule has 1 amide bonds. The van der Waals surface area contributed by atoms with Crippen LogP contribution in [0.1, 0.15) is 23.2 Å². The third-order valence-corrected chi connectivity index (χ3v) is 3.37. The number of halogens is 1. The fourth-order valence-corrected chi connectivity index (χ4v) is 2.22. The Hall–Kier alpha value is -1.62. The number of aromatic hydroxyl groups is 1. The van der Waals surface area contributed by atoms with Crippen molar-refractivity contribution < 1.29 is 14.3 Å². The molecule has 2 rings (SSSR count). The van der Waals surface area contributed by atoms with Crippen molar-refractivity contribution in [2.75, 3.05) is 20.1 Å². The van der Waals surface area contributed by atoms with E-state index in [0.717, 1.165) is 18.9 Å². The highest BCUT2D eigenvalue weighted by Crippen LogP contribution is 2.19. The van der Waals surface area contributed by atoms with Gasteiger partial charge in [-0.05, 0) is 32.0 Å². The molecule has 0 saturated carbocycles. The minimum absolute atomic E-state index is 0.0238. The van der Waals surface area contributed by atoms with Gasteiger partial charge in [-0.25, -0.2) is 4.39 Å². The molecule has 1 saturated heterocycles. The van der Waals surface area contributed by atoms with E-state index in [1.165, 1.54) is 12.1 Å². The molecule has 0 bridgehead atoms. The summed E-state index contributed by atoms with van der Waals surface area (Å²) in [6, 6.07) is 4.06. The van der Waals surface area contributed by atoms with Crippen LogP contribution in [0, 0.1) is 5.82 Å². The highest BCUT2D eigenvalue weighted by Gasteiger charge is 2.24. The molecule has 1 aromatic carbocycles. The second-order valence-corrected chi connectivity index (χ2v) is 4.52. The molecule has 1 aliphatic heterocycles. The van der Waals surface area contributed by atoms with Crippen LogP contribution in [0.4, 0.5) is 4.39 Å². The topological polar surface area (TPSA) is 52.6 Å². The number of hydrogen-bond acceptors (Lipinski definition) is 3. The van der Waals surface area contributed by atoms with Gasteiger partial charge in [-0.3, -0.25) is 4.79 Å². The lowest BCUT2D eigenvalue weighted by molar-refractivity contribution is 0.0702. The standard InChI is InChI=1S/C13H17FN2O2/c1-15-9-4-6-16(7-5-9)13(18)11-3-2-10(17)8-12(11)14/h2-3,8-9,15,17H,4-7H2,1H3. The number of rotatable bonds is 2. The van der Waals surface area contributed by atoms with Crippen molar-refractivity contribution in [2.45, 2.75) is 18.9 Å². The van der Waals surface area contributed by atoms with E-state index >= 15 is 0 Å². The first-order valence-electron chi connectivity index (χ1n) is 6.07. The highest BCUT2D eigenvalue weighted by atomic mass is 19.1. The number of amides is 1. The number of carbonyl (C=O) groups excluding carboxylic acids is 1. The van der Waals surface area contributed by atoms with Gasteiger partial charge in [0, 0.05) is 25.2 Å². The zero-order chi connectivity index (χ0) is 13.1. The number of benzene rings is 1. The minimum atomic E-state index is -0.671. The smallest absolute Gasteiger partial charge is 0.256 e. The zero-order valence-corrected chi connectivity index (χ0v) is 10.3. The maximum Gasteiger partial charge on any atom is 0.256 e. The summed E-state index contributed by atoms with van der Waals surface area (Å²) in [5.74, 6) is -1.14. The summed E-state index contributed by atoms with van der Waals surface area (Å²) >= 11 is 0. The molecule has 0 spiro atoms. The molecule has 2 N–H and O–H groups in total. The Balaban J connectivity index is 2.08. The Labute approximate surface area is 105 Å². The van der Waals surface area contributed by atoms with E-state index in [4.69, 9.17) is 5.11 Å². The first-order chi connectivity index (χ1) is 8.61. The number of likely N-dealkylation sites (tertiary alicyclic amines) is 1. The molecule has 1 fully saturated rings. The summed E-state index contributed by atoms with van der Waals surface area (Å²) in [6.45, 7) is 1.26. The van der Waals surface area contributed by atoms with Gasteiger partial charge in [0.1, 0.15) is 11.6 Å². The van der Waals surface area contributed by atoms with Crippen LogP contribution in [0.25, 0.3) is 0 Å². The van der Waals surface area contributed by atoms with Crippen molar-refractivity contribution in [2.24, 2.45) is 0 Å². The quantitative estimate of drug-likeness (QED) is 0.835. The van der Waals surface area contributed by atoms with E-state index in [-0.39, 0.29) is 17.2 Å². The first kappa shape index (κ1) is 12.8. The van der Waals surface area contributed by atoms with E-state index < -0.39 is 5.82 Å². The van der Waals surface area contributed by atoms with Gasteiger partial charge >= 0.3 is 0 Å². The highest BCUT2D eigenvalue weighted by molar-refractivity contribution is 5.94. The monoisotopic (exact) mass is 252 g/mol. The summed E-state index contributed by atoms with van der Waals surface area (Å²) in [7, 11) is 1.90. The molecule has 4 nitrogen and oxygen atoms in total. The number of nitrogens with zero attached hydrogens (tertiary/aromatic N) is 1. The third kappa shape index (κ3) is 2.61. The molecule has 0 aliphatic carbocycles. The first-order valence-corrected chi connectivity index (χ1v) is 6.07. The number of piperidine rings is 1. The lowest BCUT2D eigenvalue weighted by atomic mass is 10.0. The molecule has 18 heavy (non-hydrogen) atoms. The SMILES string of the molecule is CNC1CCN(C(=O)c2ccc(O)cc2F)CC1. The average Bonchev–Trinajstić information content (AvgIpc) is 2.38. The van der Waals surface area contributed by atoms with Gasteiger partial charge in [0.05, 0.1) is 5.56 Å². The Morgan fingerprint density at radius 2 is 2.11 bits per heavy atom. The molecule has 0 atom stereocenters. The summed E-state index contributed by atoms with van der Waals surface area (Å²) in [6.07, 6.45) is 1.75. The van der Waals surface area contributed by atoms with Crippen molar-refractivity contribution in [1.29, 1.82) is 0 Å². The molecule has 0 aromatic heterocycles. The molecule has 0 unspecified atom stereocenters. The van der Waals surface area contributed by atoms with Crippen molar-refractivity contribution in [3.8, 4) is 5.75 Å². The van der Waals surface area contributed by atoms with Crippen LogP contribution in [0.3, 0.4) is 0 Å². The Bertz CT molecular complexity index is 443. The minimum Gasteiger partial charge on any atom is -0.508 e. The number of nitrogens with one attached hydrogen (secondary N) is 1. The van der Waals surface area contributed by atoms with Gasteiger partial charge in [0.25, 0.3) is 5.91 Å². The van der Waals surface area contributed by atoms with E-state index in [0.29, 0.717) is 19.1 Å². The molecule has 1 heterocycles. The predicted octanol–water partition coefficient (Wildman–Crippen LogP) is 1.36. The van der Waals surface area contributed by atoms with Gasteiger partial charge < -0.3 is 15.3 Å². The van der Waals surface area contributed by atoms with Gasteiger partial charge in [-0.15, -0.1) is 0 Å². The molecule has 98 valence electrons. The van der Waals surface area contributed by atoms with E-state index in [1.54, 1.807) is 4.90 Å². The largest absolute Gasteiger partial charge is 0.508 e. The molecule has 5 heteroatoms. The molecular weight excluding hydrogens is 235 g/mol. The van der Waals surface area contributed by atoms with Crippen molar-refractivity contribution in [1.82, 2.24) is 10.2 Å². The maximum atomic E-state index is 13.6. The Kier molecular flexibility index (Phi) is 3.81. The lowest BCUT2D eigenvalue weighted by Crippen LogP contribution is -2.44. The number of phenolic OH excluding ortho intramolecular Hbond substituents is 1. The van der Waals surface area contributed by atoms with E-state index in [9.17, 15) is 9.18 Å². The fraction of sp³-hybridized carbons (Fsp3) is 0.462. The summed E-state index contributed by atoms with van der Waals surface area (Å²) in [5, 5.41) is 12.3. The van der Waals surface area contributed by atoms with E-state index in [2.05, 4.69) is 5.32 Å². The van der Waals surface area contributed by atoms with Gasteiger partial charge in [0.2, 0.25) is 0 Å². The Morgan fingerprint density at radius 3 is 2.67 bits per heavy atom. The Morgan fingerprint density at radius 1 is 1.44 bits per heavy atom. The fourth-order valence-electron chi connectivity index (χ4n) is 2.22. The maximum absolute atomic E-state index is 13.6. The van der Waals surface area contributed by atoms with Crippen LogP contribution in [-0.2, 0) is 0 Å². The predicted molar refractivity (Wildman–Crippen MR) is 66.1 cm³/mol. The van der Waals surface area contributed by atoms with Crippen LogP contribution in [-0.4, -0.2) is 42.1 Å². The normalized spacial score (nSPS) is 16.9. The summed E-state index contributed by atoms with van der Waals surface area (Å²) in [4.78, 5) is 13.8. The van der Waals surface area contributed by atoms with Crippen LogP contribution in [0.15, 0.2) is 18.2 Å². The van der Waals surface area contributed by atoms with Crippen LogP contribution >= 0.6 is 0 Å². The van der Waals surface area contributed by atoms with E-state index in [1.807, 2.05) is 7.05 Å². The molecule has 1 aromatic rings. The van der Waals surface area contributed by atoms with Gasteiger partial charge in [-0.2, -0.15) is 0 Å². The molecule has 1 aliphatic rings. The summed E-state index contributed by atoms with van der Waals surface area (Å²) in [5.41, 5.74) is 0.0238. The average molecular weight is 252 g/mol. The number of phenols is 1.